The van der Waals surface area contributed by atoms with Crippen LogP contribution in [0.4, 0.5) is 13.2 Å². The number of benzene rings is 1. The van der Waals surface area contributed by atoms with Crippen molar-refractivity contribution < 1.29 is 18.0 Å². The van der Waals surface area contributed by atoms with E-state index in [0.717, 1.165) is 19.5 Å². The first-order chi connectivity index (χ1) is 9.86. The van der Waals surface area contributed by atoms with Crippen molar-refractivity contribution in [2.75, 3.05) is 19.6 Å². The lowest BCUT2D eigenvalue weighted by atomic mass is 10.1. The number of likely N-dealkylation sites (tertiary alicyclic amines) is 1. The van der Waals surface area contributed by atoms with Crippen LogP contribution in [0.1, 0.15) is 24.4 Å². The Kier molecular flexibility index (Phi) is 5.11. The Hall–Kier alpha value is -1.27. The Morgan fingerprint density at radius 3 is 2.62 bits per heavy atom. The molecule has 1 saturated heterocycles. The Morgan fingerprint density at radius 1 is 1.38 bits per heavy atom. The number of halogens is 4. The highest BCUT2D eigenvalue weighted by molar-refractivity contribution is 6.30. The third kappa shape index (κ3) is 4.61. The normalized spacial score (nSPS) is 17.1. The second-order valence-electron chi connectivity index (χ2n) is 5.04. The second-order valence-corrected chi connectivity index (χ2v) is 5.48. The molecule has 0 aliphatic carbocycles. The minimum absolute atomic E-state index is 0.0626. The molecule has 2 rings (SSSR count). The van der Waals surface area contributed by atoms with Crippen LogP contribution in [0.25, 0.3) is 0 Å². The van der Waals surface area contributed by atoms with Gasteiger partial charge < -0.3 is 10.2 Å². The quantitative estimate of drug-likeness (QED) is 0.904. The predicted molar refractivity (Wildman–Crippen MR) is 74.1 cm³/mol. The van der Waals surface area contributed by atoms with Crippen molar-refractivity contribution in [3.8, 4) is 0 Å². The van der Waals surface area contributed by atoms with E-state index >= 15 is 0 Å². The van der Waals surface area contributed by atoms with E-state index in [4.69, 9.17) is 11.6 Å². The fourth-order valence-corrected chi connectivity index (χ4v) is 2.34. The number of nitrogens with one attached hydrogen (secondary N) is 1. The van der Waals surface area contributed by atoms with Crippen LogP contribution in [-0.2, 0) is 4.79 Å². The van der Waals surface area contributed by atoms with Gasteiger partial charge in [0.05, 0.1) is 0 Å². The number of nitrogens with zero attached hydrogens (tertiary/aromatic N) is 1. The van der Waals surface area contributed by atoms with Crippen LogP contribution in [0.2, 0.25) is 5.02 Å². The van der Waals surface area contributed by atoms with Gasteiger partial charge in [0.1, 0.15) is 0 Å². The van der Waals surface area contributed by atoms with Crippen LogP contribution in [0.5, 0.6) is 0 Å². The number of alkyl halides is 3. The molecule has 0 radical (unpaired) electrons. The van der Waals surface area contributed by atoms with Gasteiger partial charge in [-0.2, -0.15) is 13.2 Å². The monoisotopic (exact) mass is 320 g/mol. The Labute approximate surface area is 126 Å². The van der Waals surface area contributed by atoms with Crippen LogP contribution in [0.15, 0.2) is 24.3 Å². The molecule has 1 aliphatic heterocycles. The van der Waals surface area contributed by atoms with E-state index < -0.39 is 18.1 Å². The van der Waals surface area contributed by atoms with Gasteiger partial charge in [0.25, 0.3) is 0 Å². The van der Waals surface area contributed by atoms with Crippen LogP contribution >= 0.6 is 11.6 Å². The molecule has 1 atom stereocenters. The molecule has 3 nitrogen and oxygen atoms in total. The maximum absolute atomic E-state index is 13.1. The zero-order valence-corrected chi connectivity index (χ0v) is 12.0. The molecule has 1 fully saturated rings. The maximum atomic E-state index is 13.1. The van der Waals surface area contributed by atoms with E-state index in [1.165, 1.54) is 24.3 Å². The SMILES string of the molecule is O=C(CCN1CCC1)NC(c1cccc(Cl)c1)C(F)(F)F. The number of hydrogen-bond acceptors (Lipinski definition) is 2. The molecule has 1 aromatic carbocycles. The summed E-state index contributed by atoms with van der Waals surface area (Å²) in [6, 6.07) is 3.42. The minimum atomic E-state index is -4.56. The Bertz CT molecular complexity index is 503. The lowest BCUT2D eigenvalue weighted by Crippen LogP contribution is -2.42. The highest BCUT2D eigenvalue weighted by atomic mass is 35.5. The van der Waals surface area contributed by atoms with Gasteiger partial charge in [-0.25, -0.2) is 0 Å². The molecule has 1 unspecified atom stereocenters. The Balaban J connectivity index is 2.01. The molecule has 1 amide bonds. The smallest absolute Gasteiger partial charge is 0.341 e. The molecule has 0 aromatic heterocycles. The van der Waals surface area contributed by atoms with Gasteiger partial charge in [-0.3, -0.25) is 4.79 Å². The molecule has 1 aliphatic rings. The molecular weight excluding hydrogens is 305 g/mol. The highest BCUT2D eigenvalue weighted by Gasteiger charge is 2.41. The molecule has 0 bridgehead atoms. The second kappa shape index (κ2) is 6.66. The lowest BCUT2D eigenvalue weighted by Gasteiger charge is -2.30. The van der Waals surface area contributed by atoms with Gasteiger partial charge in [-0.05, 0) is 37.2 Å². The zero-order chi connectivity index (χ0) is 15.5. The lowest BCUT2D eigenvalue weighted by molar-refractivity contribution is -0.163. The van der Waals surface area contributed by atoms with Gasteiger partial charge in [-0.1, -0.05) is 23.7 Å². The van der Waals surface area contributed by atoms with Crippen molar-refractivity contribution in [2.24, 2.45) is 0 Å². The van der Waals surface area contributed by atoms with E-state index in [2.05, 4.69) is 5.32 Å². The van der Waals surface area contributed by atoms with Crippen molar-refractivity contribution in [3.05, 3.63) is 34.9 Å². The molecular formula is C14H16ClF3N2O. The van der Waals surface area contributed by atoms with Gasteiger partial charge >= 0.3 is 6.18 Å². The molecule has 0 saturated carbocycles. The van der Waals surface area contributed by atoms with Crippen molar-refractivity contribution >= 4 is 17.5 Å². The Morgan fingerprint density at radius 2 is 2.10 bits per heavy atom. The summed E-state index contributed by atoms with van der Waals surface area (Å²) in [5.74, 6) is -0.607. The standard InChI is InChI=1S/C14H16ClF3N2O/c15-11-4-1-3-10(9-11)13(14(16,17)18)19-12(21)5-8-20-6-2-7-20/h1,3-4,9,13H,2,5-8H2,(H,19,21). The van der Waals surface area contributed by atoms with Crippen molar-refractivity contribution in [2.45, 2.75) is 25.1 Å². The van der Waals surface area contributed by atoms with E-state index in [0.29, 0.717) is 6.54 Å². The summed E-state index contributed by atoms with van der Waals surface area (Å²) in [5.41, 5.74) is -0.0627. The van der Waals surface area contributed by atoms with E-state index in [-0.39, 0.29) is 17.0 Å². The van der Waals surface area contributed by atoms with E-state index in [9.17, 15) is 18.0 Å². The third-order valence-corrected chi connectivity index (χ3v) is 3.65. The van der Waals surface area contributed by atoms with Crippen LogP contribution < -0.4 is 5.32 Å². The van der Waals surface area contributed by atoms with Gasteiger partial charge in [0.15, 0.2) is 6.04 Å². The summed E-state index contributed by atoms with van der Waals surface area (Å²) in [7, 11) is 0. The third-order valence-electron chi connectivity index (χ3n) is 3.42. The summed E-state index contributed by atoms with van der Waals surface area (Å²) >= 11 is 5.72. The topological polar surface area (TPSA) is 32.3 Å². The molecule has 7 heteroatoms. The number of carbonyl (C=O) groups excluding carboxylic acids is 1. The first-order valence-corrected chi connectivity index (χ1v) is 7.08. The molecule has 1 heterocycles. The summed E-state index contributed by atoms with van der Waals surface area (Å²) in [6.07, 6.45) is -3.42. The minimum Gasteiger partial charge on any atom is -0.341 e. The molecule has 0 spiro atoms. The first-order valence-electron chi connectivity index (χ1n) is 6.70. The molecule has 21 heavy (non-hydrogen) atoms. The average molecular weight is 321 g/mol. The predicted octanol–water partition coefficient (Wildman–Crippen LogP) is 3.16. The highest BCUT2D eigenvalue weighted by Crippen LogP contribution is 2.33. The first kappa shape index (κ1) is 16.1. The summed E-state index contributed by atoms with van der Waals surface area (Å²) in [5, 5.41) is 2.26. The summed E-state index contributed by atoms with van der Waals surface area (Å²) < 4.78 is 39.3. The van der Waals surface area contributed by atoms with Crippen LogP contribution in [0, 0.1) is 0 Å². The van der Waals surface area contributed by atoms with Gasteiger partial charge in [0, 0.05) is 18.0 Å². The van der Waals surface area contributed by atoms with Crippen molar-refractivity contribution in [1.29, 1.82) is 0 Å². The molecule has 116 valence electrons. The van der Waals surface area contributed by atoms with Crippen molar-refractivity contribution in [1.82, 2.24) is 10.2 Å². The maximum Gasteiger partial charge on any atom is 0.412 e. The van der Waals surface area contributed by atoms with Crippen LogP contribution in [-0.4, -0.2) is 36.6 Å². The molecule has 1 aromatic rings. The largest absolute Gasteiger partial charge is 0.412 e. The fourth-order valence-electron chi connectivity index (χ4n) is 2.14. The zero-order valence-electron chi connectivity index (χ0n) is 11.3. The van der Waals surface area contributed by atoms with E-state index in [1.54, 1.807) is 0 Å². The number of rotatable bonds is 5. The average Bonchev–Trinajstić information content (AvgIpc) is 2.32. The number of amides is 1. The van der Waals surface area contributed by atoms with Gasteiger partial charge in [0.2, 0.25) is 5.91 Å². The number of carbonyl (C=O) groups is 1. The van der Waals surface area contributed by atoms with Crippen molar-refractivity contribution in [3.63, 3.8) is 0 Å². The fraction of sp³-hybridized carbons (Fsp3) is 0.500. The molecule has 1 N–H and O–H groups in total. The summed E-state index contributed by atoms with van der Waals surface area (Å²) in [4.78, 5) is 13.8. The van der Waals surface area contributed by atoms with E-state index in [1.807, 2.05) is 4.90 Å². The van der Waals surface area contributed by atoms with Gasteiger partial charge in [-0.15, -0.1) is 0 Å². The van der Waals surface area contributed by atoms with Crippen LogP contribution in [0.3, 0.4) is 0 Å². The summed E-state index contributed by atoms with van der Waals surface area (Å²) in [6.45, 7) is 2.31. The number of hydrogen-bond donors (Lipinski definition) is 1.